The predicted molar refractivity (Wildman–Crippen MR) is 110 cm³/mol. The third-order valence-corrected chi connectivity index (χ3v) is 5.97. The Kier molecular flexibility index (Phi) is 6.32. The maximum absolute atomic E-state index is 13.1. The van der Waals surface area contributed by atoms with E-state index >= 15 is 0 Å². The molecular weight excluding hydrogens is 370 g/mol. The van der Waals surface area contributed by atoms with Crippen LogP contribution in [0.3, 0.4) is 0 Å². The molecule has 1 aliphatic heterocycles. The highest BCUT2D eigenvalue weighted by molar-refractivity contribution is 6.20. The molecule has 6 nitrogen and oxygen atoms in total. The monoisotopic (exact) mass is 401 g/mol. The van der Waals surface area contributed by atoms with Crippen LogP contribution in [-0.4, -0.2) is 37.9 Å². The Balaban J connectivity index is 2.13. The fourth-order valence-corrected chi connectivity index (χ4v) is 4.50. The molecule has 3 rings (SSSR count). The van der Waals surface area contributed by atoms with Crippen molar-refractivity contribution in [3.63, 3.8) is 0 Å². The van der Waals surface area contributed by atoms with Crippen molar-refractivity contribution < 1.29 is 23.8 Å². The van der Waals surface area contributed by atoms with E-state index in [2.05, 4.69) is 5.32 Å². The van der Waals surface area contributed by atoms with Gasteiger partial charge in [0.15, 0.2) is 11.4 Å². The number of carbonyl (C=O) groups excluding carboxylic acids is 2. The number of ether oxygens (including phenoxy) is 3. The second kappa shape index (κ2) is 8.57. The number of hydrogen-bond acceptors (Lipinski definition) is 5. The molecule has 1 spiro atoms. The van der Waals surface area contributed by atoms with Gasteiger partial charge in [-0.3, -0.25) is 0 Å². The summed E-state index contributed by atoms with van der Waals surface area (Å²) in [5.41, 5.74) is 3.41. The van der Waals surface area contributed by atoms with Gasteiger partial charge in [-0.1, -0.05) is 12.1 Å². The molecule has 29 heavy (non-hydrogen) atoms. The molecule has 1 heterocycles. The normalized spacial score (nSPS) is 24.0. The molecule has 0 radical (unpaired) electrons. The number of alkyl carbamates (subject to hydrolysis) is 1. The number of rotatable bonds is 5. The Labute approximate surface area is 172 Å². The quantitative estimate of drug-likeness (QED) is 0.749. The lowest BCUT2D eigenvalue weighted by atomic mass is 9.76. The molecule has 1 aliphatic carbocycles. The second-order valence-electron chi connectivity index (χ2n) is 8.18. The van der Waals surface area contributed by atoms with E-state index in [-0.39, 0.29) is 5.92 Å². The molecule has 1 fully saturated rings. The fraction of sp³-hybridized carbons (Fsp3) is 0.565. The minimum absolute atomic E-state index is 0.245. The summed E-state index contributed by atoms with van der Waals surface area (Å²) in [5, 5.41) is 2.67. The second-order valence-corrected chi connectivity index (χ2v) is 8.18. The number of aryl methyl sites for hydroxylation is 3. The van der Waals surface area contributed by atoms with Crippen molar-refractivity contribution in [1.29, 1.82) is 0 Å². The van der Waals surface area contributed by atoms with Gasteiger partial charge < -0.3 is 19.5 Å². The van der Waals surface area contributed by atoms with Crippen LogP contribution in [0.5, 0.6) is 0 Å². The van der Waals surface area contributed by atoms with Crippen LogP contribution in [0.15, 0.2) is 17.9 Å². The molecule has 0 aromatic heterocycles. The summed E-state index contributed by atoms with van der Waals surface area (Å²) < 4.78 is 17.1. The zero-order chi connectivity index (χ0) is 21.2. The van der Waals surface area contributed by atoms with Crippen LogP contribution >= 0.6 is 0 Å². The van der Waals surface area contributed by atoms with E-state index < -0.39 is 17.7 Å². The number of carbonyl (C=O) groups is 2. The van der Waals surface area contributed by atoms with Crippen molar-refractivity contribution in [3.05, 3.63) is 40.1 Å². The molecule has 2 unspecified atom stereocenters. The van der Waals surface area contributed by atoms with Crippen LogP contribution in [0.2, 0.25) is 0 Å². The maximum Gasteiger partial charge on any atom is 0.412 e. The number of benzene rings is 1. The van der Waals surface area contributed by atoms with Crippen molar-refractivity contribution in [3.8, 4) is 0 Å². The molecule has 1 aromatic carbocycles. The van der Waals surface area contributed by atoms with Gasteiger partial charge in [-0.25, -0.2) is 9.59 Å². The van der Waals surface area contributed by atoms with Crippen LogP contribution in [0, 0.1) is 26.7 Å². The van der Waals surface area contributed by atoms with E-state index in [9.17, 15) is 9.59 Å². The Morgan fingerprint density at radius 2 is 1.97 bits per heavy atom. The average molecular weight is 402 g/mol. The minimum atomic E-state index is -0.913. The molecule has 0 bridgehead atoms. The van der Waals surface area contributed by atoms with Crippen LogP contribution < -0.4 is 5.32 Å². The zero-order valence-corrected chi connectivity index (χ0v) is 18.0. The largest absolute Gasteiger partial charge is 0.447 e. The van der Waals surface area contributed by atoms with Crippen molar-refractivity contribution in [2.45, 2.75) is 59.0 Å². The highest BCUT2D eigenvalue weighted by Gasteiger charge is 2.53. The summed E-state index contributed by atoms with van der Waals surface area (Å²) in [5.74, 6) is 0.170. The summed E-state index contributed by atoms with van der Waals surface area (Å²) in [6.45, 7) is 8.87. The SMILES string of the molecule is CCNC(=O)OC1=C(c2cc(C)c(C)cc2C)C(=O)OC12CCCC(COC)C2. The lowest BCUT2D eigenvalue weighted by Crippen LogP contribution is -2.41. The Morgan fingerprint density at radius 3 is 2.66 bits per heavy atom. The standard InChI is InChI=1S/C23H31NO5/c1-6-24-22(26)28-20-19(18-11-15(3)14(2)10-16(18)4)21(25)29-23(20)9-7-8-17(12-23)13-27-5/h10-11,17H,6-9,12-13H2,1-5H3,(H,24,26). The molecule has 1 saturated carbocycles. The summed E-state index contributed by atoms with van der Waals surface area (Å²) in [6, 6.07) is 4.03. The van der Waals surface area contributed by atoms with Gasteiger partial charge in [0, 0.05) is 20.3 Å². The molecular formula is C23H31NO5. The number of esters is 1. The van der Waals surface area contributed by atoms with Gasteiger partial charge >= 0.3 is 12.1 Å². The molecule has 0 saturated heterocycles. The van der Waals surface area contributed by atoms with Gasteiger partial charge in [0.25, 0.3) is 0 Å². The maximum atomic E-state index is 13.1. The molecule has 2 aliphatic rings. The molecule has 1 aromatic rings. The number of methoxy groups -OCH3 is 1. The van der Waals surface area contributed by atoms with E-state index in [1.165, 1.54) is 0 Å². The van der Waals surface area contributed by atoms with E-state index in [1.54, 1.807) is 7.11 Å². The van der Waals surface area contributed by atoms with Crippen LogP contribution in [-0.2, 0) is 19.0 Å². The van der Waals surface area contributed by atoms with Gasteiger partial charge in [0.2, 0.25) is 0 Å². The van der Waals surface area contributed by atoms with E-state index in [1.807, 2.05) is 39.8 Å². The topological polar surface area (TPSA) is 73.9 Å². The minimum Gasteiger partial charge on any atom is -0.447 e. The lowest BCUT2D eigenvalue weighted by Gasteiger charge is -2.37. The molecule has 1 amide bonds. The van der Waals surface area contributed by atoms with Gasteiger partial charge in [0.1, 0.15) is 5.57 Å². The smallest absolute Gasteiger partial charge is 0.412 e. The van der Waals surface area contributed by atoms with Crippen LogP contribution in [0.4, 0.5) is 4.79 Å². The van der Waals surface area contributed by atoms with Crippen molar-refractivity contribution in [2.75, 3.05) is 20.3 Å². The summed E-state index contributed by atoms with van der Waals surface area (Å²) >= 11 is 0. The Morgan fingerprint density at radius 1 is 1.24 bits per heavy atom. The Hall–Kier alpha value is -2.34. The van der Waals surface area contributed by atoms with Gasteiger partial charge in [-0.2, -0.15) is 0 Å². The number of hydrogen-bond donors (Lipinski definition) is 1. The third kappa shape index (κ3) is 4.17. The van der Waals surface area contributed by atoms with Crippen molar-refractivity contribution in [2.24, 2.45) is 5.92 Å². The molecule has 1 N–H and O–H groups in total. The number of nitrogens with one attached hydrogen (secondary N) is 1. The van der Waals surface area contributed by atoms with Gasteiger partial charge in [0.05, 0.1) is 0 Å². The van der Waals surface area contributed by atoms with E-state index in [0.717, 1.165) is 35.1 Å². The highest BCUT2D eigenvalue weighted by Crippen LogP contribution is 2.49. The van der Waals surface area contributed by atoms with Crippen LogP contribution in [0.25, 0.3) is 5.57 Å². The van der Waals surface area contributed by atoms with Crippen molar-refractivity contribution in [1.82, 2.24) is 5.32 Å². The predicted octanol–water partition coefficient (Wildman–Crippen LogP) is 4.20. The van der Waals surface area contributed by atoms with Gasteiger partial charge in [-0.15, -0.1) is 0 Å². The zero-order valence-electron chi connectivity index (χ0n) is 18.0. The highest BCUT2D eigenvalue weighted by atomic mass is 16.6. The van der Waals surface area contributed by atoms with E-state index in [4.69, 9.17) is 14.2 Å². The number of amides is 1. The van der Waals surface area contributed by atoms with Crippen molar-refractivity contribution >= 4 is 17.6 Å². The fourth-order valence-electron chi connectivity index (χ4n) is 4.50. The first-order chi connectivity index (χ1) is 13.8. The lowest BCUT2D eigenvalue weighted by molar-refractivity contribution is -0.151. The molecule has 6 heteroatoms. The van der Waals surface area contributed by atoms with Crippen LogP contribution in [0.1, 0.15) is 54.9 Å². The summed E-state index contributed by atoms with van der Waals surface area (Å²) in [7, 11) is 1.67. The molecule has 2 atom stereocenters. The van der Waals surface area contributed by atoms with Gasteiger partial charge in [-0.05, 0) is 81.5 Å². The first-order valence-electron chi connectivity index (χ1n) is 10.3. The molecule has 158 valence electrons. The Bertz CT molecular complexity index is 842. The average Bonchev–Trinajstić information content (AvgIpc) is 2.89. The first kappa shape index (κ1) is 21.4. The third-order valence-electron chi connectivity index (χ3n) is 5.97. The first-order valence-corrected chi connectivity index (χ1v) is 10.3. The van der Waals surface area contributed by atoms with E-state index in [0.29, 0.717) is 37.3 Å². The summed E-state index contributed by atoms with van der Waals surface area (Å²) in [6.07, 6.45) is 2.55. The summed E-state index contributed by atoms with van der Waals surface area (Å²) in [4.78, 5) is 25.5.